The van der Waals surface area contributed by atoms with Gasteiger partial charge in [0.15, 0.2) is 0 Å². The van der Waals surface area contributed by atoms with Crippen LogP contribution in [0.2, 0.25) is 0 Å². The highest BCUT2D eigenvalue weighted by molar-refractivity contribution is 7.93. The first-order chi connectivity index (χ1) is 10.7. The summed E-state index contributed by atoms with van der Waals surface area (Å²) in [6.07, 6.45) is 0. The molecule has 0 saturated carbocycles. The van der Waals surface area contributed by atoms with Crippen molar-refractivity contribution >= 4 is 31.2 Å². The molecular formula is C14H17N3O4S2. The Balaban J connectivity index is 2.71. The summed E-state index contributed by atoms with van der Waals surface area (Å²) in [6, 6.07) is 9.17. The van der Waals surface area contributed by atoms with Crippen molar-refractivity contribution in [1.29, 1.82) is 0 Å². The van der Waals surface area contributed by atoms with Crippen molar-refractivity contribution in [3.8, 4) is 0 Å². The third kappa shape index (κ3) is 3.46. The maximum absolute atomic E-state index is 12.8. The number of nitrogens with two attached hydrogens (primary N) is 2. The molecule has 0 aliphatic carbocycles. The van der Waals surface area contributed by atoms with Gasteiger partial charge in [0.05, 0.1) is 9.79 Å². The second-order valence-corrected chi connectivity index (χ2v) is 8.43. The van der Waals surface area contributed by atoms with E-state index in [4.69, 9.17) is 11.5 Å². The van der Waals surface area contributed by atoms with Crippen molar-refractivity contribution < 1.29 is 16.8 Å². The normalized spacial score (nSPS) is 12.2. The number of sulfone groups is 1. The monoisotopic (exact) mass is 355 g/mol. The second-order valence-electron chi connectivity index (χ2n) is 4.78. The van der Waals surface area contributed by atoms with E-state index >= 15 is 0 Å². The van der Waals surface area contributed by atoms with E-state index in [-0.39, 0.29) is 26.9 Å². The number of hydrogen-bond donors (Lipinski definition) is 3. The van der Waals surface area contributed by atoms with Crippen LogP contribution in [0.3, 0.4) is 0 Å². The van der Waals surface area contributed by atoms with Crippen molar-refractivity contribution in [2.24, 2.45) is 0 Å². The summed E-state index contributed by atoms with van der Waals surface area (Å²) in [6.45, 7) is 1.72. The van der Waals surface area contributed by atoms with Crippen molar-refractivity contribution in [1.82, 2.24) is 4.72 Å². The third-order valence-electron chi connectivity index (χ3n) is 3.07. The average molecular weight is 355 g/mol. The molecule has 5 N–H and O–H groups in total. The van der Waals surface area contributed by atoms with Gasteiger partial charge in [0.1, 0.15) is 4.90 Å². The first kappa shape index (κ1) is 17.3. The number of benzene rings is 2. The second kappa shape index (κ2) is 6.19. The molecule has 9 heteroatoms. The zero-order valence-corrected chi connectivity index (χ0v) is 14.0. The van der Waals surface area contributed by atoms with Crippen molar-refractivity contribution in [3.05, 3.63) is 42.5 Å². The van der Waals surface area contributed by atoms with Crippen LogP contribution in [-0.2, 0) is 19.9 Å². The van der Waals surface area contributed by atoms with Crippen LogP contribution >= 0.6 is 0 Å². The minimum atomic E-state index is -4.03. The third-order valence-corrected chi connectivity index (χ3v) is 6.61. The molecular weight excluding hydrogens is 338 g/mol. The number of nitrogen functional groups attached to an aromatic ring is 2. The smallest absolute Gasteiger partial charge is 0.241 e. The molecule has 7 nitrogen and oxygen atoms in total. The van der Waals surface area contributed by atoms with E-state index in [2.05, 4.69) is 4.72 Å². The van der Waals surface area contributed by atoms with Gasteiger partial charge in [-0.15, -0.1) is 0 Å². The highest BCUT2D eigenvalue weighted by atomic mass is 32.2. The average Bonchev–Trinajstić information content (AvgIpc) is 2.47. The predicted octanol–water partition coefficient (Wildman–Crippen LogP) is 0.982. The summed E-state index contributed by atoms with van der Waals surface area (Å²) in [7, 11) is -8.03. The van der Waals surface area contributed by atoms with Gasteiger partial charge in [0.25, 0.3) is 0 Å². The van der Waals surface area contributed by atoms with Crippen molar-refractivity contribution in [2.75, 3.05) is 18.0 Å². The lowest BCUT2D eigenvalue weighted by Crippen LogP contribution is -2.25. The van der Waals surface area contributed by atoms with Crippen LogP contribution in [0.25, 0.3) is 0 Å². The van der Waals surface area contributed by atoms with Crippen LogP contribution in [0.1, 0.15) is 6.92 Å². The first-order valence-corrected chi connectivity index (χ1v) is 9.65. The van der Waals surface area contributed by atoms with Crippen LogP contribution in [0.5, 0.6) is 0 Å². The molecule has 0 bridgehead atoms. The predicted molar refractivity (Wildman–Crippen MR) is 88.0 cm³/mol. The summed E-state index contributed by atoms with van der Waals surface area (Å²) in [5.74, 6) is 0. The van der Waals surface area contributed by atoms with Crippen LogP contribution in [0, 0.1) is 0 Å². The summed E-state index contributed by atoms with van der Waals surface area (Å²) >= 11 is 0. The van der Waals surface area contributed by atoms with Crippen LogP contribution in [-0.4, -0.2) is 23.4 Å². The number of sulfonamides is 1. The number of hydrogen-bond acceptors (Lipinski definition) is 6. The Kier molecular flexibility index (Phi) is 4.64. The molecule has 0 spiro atoms. The lowest BCUT2D eigenvalue weighted by atomic mass is 10.3. The van der Waals surface area contributed by atoms with Crippen LogP contribution in [0.15, 0.2) is 57.2 Å². The molecule has 0 saturated heterocycles. The maximum Gasteiger partial charge on any atom is 0.241 e. The van der Waals surface area contributed by atoms with E-state index < -0.39 is 19.9 Å². The van der Waals surface area contributed by atoms with E-state index in [9.17, 15) is 16.8 Å². The van der Waals surface area contributed by atoms with Gasteiger partial charge in [-0.3, -0.25) is 0 Å². The number of anilines is 2. The van der Waals surface area contributed by atoms with Crippen molar-refractivity contribution in [2.45, 2.75) is 21.6 Å². The molecule has 0 fully saturated rings. The summed E-state index contributed by atoms with van der Waals surface area (Å²) in [4.78, 5) is -0.766. The SMILES string of the molecule is CCNS(=O)(=O)c1cc(N)ccc1S(=O)(=O)c1ccc(N)cc1. The first-order valence-electron chi connectivity index (χ1n) is 6.68. The van der Waals surface area contributed by atoms with Gasteiger partial charge in [-0.05, 0) is 42.5 Å². The number of rotatable bonds is 5. The molecule has 0 amide bonds. The van der Waals surface area contributed by atoms with E-state index in [0.717, 1.165) is 6.07 Å². The molecule has 0 unspecified atom stereocenters. The standard InChI is InChI=1S/C14H17N3O4S2/c1-2-17-23(20,21)14-9-11(16)5-8-13(14)22(18,19)12-6-3-10(15)4-7-12/h3-9,17H,2,15-16H2,1H3. The molecule has 0 aromatic heterocycles. The molecule has 23 heavy (non-hydrogen) atoms. The van der Waals surface area contributed by atoms with Gasteiger partial charge in [0, 0.05) is 17.9 Å². The molecule has 0 aliphatic heterocycles. The molecule has 2 aromatic carbocycles. The Hall–Kier alpha value is -2.10. The van der Waals surface area contributed by atoms with E-state index in [1.165, 1.54) is 36.4 Å². The molecule has 0 radical (unpaired) electrons. The molecule has 124 valence electrons. The summed E-state index contributed by atoms with van der Waals surface area (Å²) < 4.78 is 52.4. The minimum absolute atomic E-state index is 0.0515. The quantitative estimate of drug-likeness (QED) is 0.685. The van der Waals surface area contributed by atoms with Gasteiger partial charge in [-0.25, -0.2) is 21.6 Å². The largest absolute Gasteiger partial charge is 0.399 e. The Morgan fingerprint density at radius 1 is 0.870 bits per heavy atom. The summed E-state index contributed by atoms with van der Waals surface area (Å²) in [5.41, 5.74) is 11.7. The molecule has 0 aliphatic rings. The lowest BCUT2D eigenvalue weighted by molar-refractivity contribution is 0.575. The van der Waals surface area contributed by atoms with Gasteiger partial charge in [-0.1, -0.05) is 6.92 Å². The van der Waals surface area contributed by atoms with E-state index in [0.29, 0.717) is 5.69 Å². The zero-order chi connectivity index (χ0) is 17.3. The zero-order valence-electron chi connectivity index (χ0n) is 12.4. The number of nitrogens with one attached hydrogen (secondary N) is 1. The Labute approximate surface area is 135 Å². The minimum Gasteiger partial charge on any atom is -0.399 e. The molecule has 2 aromatic rings. The lowest BCUT2D eigenvalue weighted by Gasteiger charge is -2.12. The fourth-order valence-corrected chi connectivity index (χ4v) is 5.14. The fraction of sp³-hybridized carbons (Fsp3) is 0.143. The van der Waals surface area contributed by atoms with Gasteiger partial charge in [0.2, 0.25) is 19.9 Å². The van der Waals surface area contributed by atoms with Crippen LogP contribution < -0.4 is 16.2 Å². The van der Waals surface area contributed by atoms with Crippen LogP contribution in [0.4, 0.5) is 11.4 Å². The van der Waals surface area contributed by atoms with Crippen molar-refractivity contribution in [3.63, 3.8) is 0 Å². The Bertz CT molecular complexity index is 921. The highest BCUT2D eigenvalue weighted by Crippen LogP contribution is 2.29. The molecule has 0 atom stereocenters. The molecule has 2 rings (SSSR count). The van der Waals surface area contributed by atoms with Gasteiger partial charge < -0.3 is 11.5 Å². The Morgan fingerprint density at radius 3 is 2.00 bits per heavy atom. The topological polar surface area (TPSA) is 132 Å². The van der Waals surface area contributed by atoms with Gasteiger partial charge in [-0.2, -0.15) is 0 Å². The molecule has 0 heterocycles. The van der Waals surface area contributed by atoms with E-state index in [1.807, 2.05) is 0 Å². The van der Waals surface area contributed by atoms with Gasteiger partial charge >= 0.3 is 0 Å². The maximum atomic E-state index is 12.8. The fourth-order valence-electron chi connectivity index (χ4n) is 2.00. The Morgan fingerprint density at radius 2 is 1.43 bits per heavy atom. The highest BCUT2D eigenvalue weighted by Gasteiger charge is 2.27. The summed E-state index contributed by atoms with van der Waals surface area (Å²) in [5, 5.41) is 0. The van der Waals surface area contributed by atoms with E-state index in [1.54, 1.807) is 6.92 Å².